The third-order valence-electron chi connectivity index (χ3n) is 3.29. The maximum absolute atomic E-state index is 12.2. The molecule has 0 aliphatic heterocycles. The van der Waals surface area contributed by atoms with Crippen LogP contribution in [0, 0.1) is 0 Å². The lowest BCUT2D eigenvalue weighted by Gasteiger charge is -2.09. The summed E-state index contributed by atoms with van der Waals surface area (Å²) in [5.41, 5.74) is 1.49. The van der Waals surface area contributed by atoms with E-state index in [-0.39, 0.29) is 4.90 Å². The molecule has 122 valence electrons. The van der Waals surface area contributed by atoms with E-state index in [1.807, 2.05) is 12.1 Å². The van der Waals surface area contributed by atoms with Crippen molar-refractivity contribution in [2.45, 2.75) is 11.4 Å². The van der Waals surface area contributed by atoms with Crippen molar-refractivity contribution in [1.82, 2.24) is 9.97 Å². The molecule has 2 N–H and O–H groups in total. The number of rotatable bonds is 6. The second-order valence-corrected chi connectivity index (χ2v) is 6.74. The number of hydrogen-bond acceptors (Lipinski definition) is 5. The first-order valence-corrected chi connectivity index (χ1v) is 8.78. The third kappa shape index (κ3) is 4.08. The number of sulfonamides is 1. The number of aromatic nitrogens is 2. The first kappa shape index (κ1) is 15.9. The second-order valence-electron chi connectivity index (χ2n) is 5.06. The summed E-state index contributed by atoms with van der Waals surface area (Å²) in [4.78, 5) is 8.39. The van der Waals surface area contributed by atoms with Crippen molar-refractivity contribution in [3.05, 3.63) is 78.8 Å². The fourth-order valence-corrected chi connectivity index (χ4v) is 3.13. The van der Waals surface area contributed by atoms with Crippen molar-refractivity contribution < 1.29 is 8.42 Å². The molecule has 0 unspecified atom stereocenters. The summed E-state index contributed by atoms with van der Waals surface area (Å²) < 4.78 is 27.0. The minimum Gasteiger partial charge on any atom is -0.366 e. The highest BCUT2D eigenvalue weighted by molar-refractivity contribution is 7.92. The molecule has 0 bridgehead atoms. The number of nitrogens with zero attached hydrogens (tertiary/aromatic N) is 2. The van der Waals surface area contributed by atoms with Crippen LogP contribution >= 0.6 is 0 Å². The molecule has 0 amide bonds. The standard InChI is InChI=1S/C17H16N4O2S/c22-24(23,16-4-2-1-3-5-16)21-15-6-7-17(20-13-15)19-12-14-8-10-18-11-9-14/h1-11,13,21H,12H2,(H,19,20). The fourth-order valence-electron chi connectivity index (χ4n) is 2.07. The maximum atomic E-state index is 12.2. The molecule has 1 aromatic carbocycles. The number of anilines is 2. The van der Waals surface area contributed by atoms with Crippen molar-refractivity contribution in [1.29, 1.82) is 0 Å². The Balaban J connectivity index is 1.64. The highest BCUT2D eigenvalue weighted by Crippen LogP contribution is 2.16. The molecule has 24 heavy (non-hydrogen) atoms. The van der Waals surface area contributed by atoms with Crippen LogP contribution in [-0.4, -0.2) is 18.4 Å². The van der Waals surface area contributed by atoms with Crippen LogP contribution in [-0.2, 0) is 16.6 Å². The quantitative estimate of drug-likeness (QED) is 0.721. The van der Waals surface area contributed by atoms with Crippen molar-refractivity contribution in [2.75, 3.05) is 10.0 Å². The Kier molecular flexibility index (Phi) is 4.72. The summed E-state index contributed by atoms with van der Waals surface area (Å²) in [5.74, 6) is 0.662. The van der Waals surface area contributed by atoms with E-state index in [4.69, 9.17) is 0 Å². The van der Waals surface area contributed by atoms with Gasteiger partial charge < -0.3 is 5.32 Å². The Bertz CT molecular complexity index is 883. The van der Waals surface area contributed by atoms with Gasteiger partial charge in [-0.25, -0.2) is 13.4 Å². The minimum atomic E-state index is -3.60. The van der Waals surface area contributed by atoms with E-state index >= 15 is 0 Å². The Morgan fingerprint density at radius 3 is 2.33 bits per heavy atom. The minimum absolute atomic E-state index is 0.213. The van der Waals surface area contributed by atoms with Gasteiger partial charge in [-0.15, -0.1) is 0 Å². The highest BCUT2D eigenvalue weighted by Gasteiger charge is 2.13. The average Bonchev–Trinajstić information content (AvgIpc) is 2.62. The van der Waals surface area contributed by atoms with E-state index < -0.39 is 10.0 Å². The summed E-state index contributed by atoms with van der Waals surface area (Å²) in [6.45, 7) is 0.616. The lowest BCUT2D eigenvalue weighted by Crippen LogP contribution is -2.13. The van der Waals surface area contributed by atoms with Crippen LogP contribution in [0.1, 0.15) is 5.56 Å². The SMILES string of the molecule is O=S(=O)(Nc1ccc(NCc2ccncc2)nc1)c1ccccc1. The molecule has 2 aromatic heterocycles. The van der Waals surface area contributed by atoms with Crippen LogP contribution in [0.25, 0.3) is 0 Å². The number of pyridine rings is 2. The summed E-state index contributed by atoms with van der Waals surface area (Å²) in [6, 6.07) is 15.4. The number of hydrogen-bond donors (Lipinski definition) is 2. The van der Waals surface area contributed by atoms with E-state index in [0.717, 1.165) is 5.56 Å². The van der Waals surface area contributed by atoms with Gasteiger partial charge in [0.1, 0.15) is 5.82 Å². The fraction of sp³-hybridized carbons (Fsp3) is 0.0588. The Morgan fingerprint density at radius 2 is 1.67 bits per heavy atom. The van der Waals surface area contributed by atoms with Gasteiger partial charge in [0.25, 0.3) is 10.0 Å². The zero-order valence-corrected chi connectivity index (χ0v) is 13.6. The number of nitrogens with one attached hydrogen (secondary N) is 2. The van der Waals surface area contributed by atoms with Gasteiger partial charge >= 0.3 is 0 Å². The molecule has 0 saturated carbocycles. The predicted molar refractivity (Wildman–Crippen MR) is 93.1 cm³/mol. The lowest BCUT2D eigenvalue weighted by atomic mass is 10.3. The molecule has 0 aliphatic rings. The molecule has 6 nitrogen and oxygen atoms in total. The smallest absolute Gasteiger partial charge is 0.261 e. The molecule has 3 rings (SSSR count). The van der Waals surface area contributed by atoms with Crippen LogP contribution in [0.4, 0.5) is 11.5 Å². The van der Waals surface area contributed by atoms with Gasteiger partial charge in [0.2, 0.25) is 0 Å². The predicted octanol–water partition coefficient (Wildman–Crippen LogP) is 2.89. The molecular formula is C17H16N4O2S. The van der Waals surface area contributed by atoms with E-state index in [0.29, 0.717) is 18.1 Å². The molecule has 0 fully saturated rings. The van der Waals surface area contributed by atoms with Crippen molar-refractivity contribution in [3.63, 3.8) is 0 Å². The lowest BCUT2D eigenvalue weighted by molar-refractivity contribution is 0.601. The monoisotopic (exact) mass is 340 g/mol. The summed E-state index contributed by atoms with van der Waals surface area (Å²) >= 11 is 0. The van der Waals surface area contributed by atoms with Crippen molar-refractivity contribution in [3.8, 4) is 0 Å². The molecule has 0 aliphatic carbocycles. The topological polar surface area (TPSA) is 84.0 Å². The van der Waals surface area contributed by atoms with Gasteiger partial charge in [-0.1, -0.05) is 18.2 Å². The van der Waals surface area contributed by atoms with Gasteiger partial charge in [-0.05, 0) is 42.0 Å². The molecule has 0 radical (unpaired) electrons. The van der Waals surface area contributed by atoms with Gasteiger partial charge in [0, 0.05) is 18.9 Å². The van der Waals surface area contributed by atoms with E-state index in [9.17, 15) is 8.42 Å². The Morgan fingerprint density at radius 1 is 0.917 bits per heavy atom. The molecular weight excluding hydrogens is 324 g/mol. The highest BCUT2D eigenvalue weighted by atomic mass is 32.2. The summed E-state index contributed by atoms with van der Waals surface area (Å²) in [7, 11) is -3.60. The van der Waals surface area contributed by atoms with E-state index in [2.05, 4.69) is 20.0 Å². The van der Waals surface area contributed by atoms with Crippen LogP contribution in [0.15, 0.2) is 78.1 Å². The normalized spacial score (nSPS) is 11.0. The van der Waals surface area contributed by atoms with Crippen LogP contribution < -0.4 is 10.0 Å². The second kappa shape index (κ2) is 7.10. The molecule has 0 spiro atoms. The average molecular weight is 340 g/mol. The van der Waals surface area contributed by atoms with E-state index in [1.165, 1.54) is 6.20 Å². The Hall–Kier alpha value is -2.93. The van der Waals surface area contributed by atoms with Gasteiger partial charge in [0.15, 0.2) is 0 Å². The zero-order chi connectivity index (χ0) is 16.8. The molecule has 3 aromatic rings. The molecule has 2 heterocycles. The van der Waals surface area contributed by atoms with Gasteiger partial charge in [-0.2, -0.15) is 0 Å². The van der Waals surface area contributed by atoms with Gasteiger partial charge in [0.05, 0.1) is 16.8 Å². The van der Waals surface area contributed by atoms with Crippen LogP contribution in [0.3, 0.4) is 0 Å². The van der Waals surface area contributed by atoms with Crippen LogP contribution in [0.5, 0.6) is 0 Å². The first-order chi connectivity index (χ1) is 11.6. The zero-order valence-electron chi connectivity index (χ0n) is 12.8. The Labute approximate surface area is 140 Å². The van der Waals surface area contributed by atoms with Crippen molar-refractivity contribution >= 4 is 21.5 Å². The number of benzene rings is 1. The third-order valence-corrected chi connectivity index (χ3v) is 4.69. The largest absolute Gasteiger partial charge is 0.366 e. The molecule has 0 atom stereocenters. The van der Waals surface area contributed by atoms with Crippen molar-refractivity contribution in [2.24, 2.45) is 0 Å². The summed E-state index contributed by atoms with van der Waals surface area (Å²) in [5, 5.41) is 3.17. The molecule has 7 heteroatoms. The maximum Gasteiger partial charge on any atom is 0.261 e. The van der Waals surface area contributed by atoms with Crippen LogP contribution in [0.2, 0.25) is 0 Å². The van der Waals surface area contributed by atoms with Gasteiger partial charge in [-0.3, -0.25) is 9.71 Å². The molecule has 0 saturated heterocycles. The first-order valence-electron chi connectivity index (χ1n) is 7.30. The summed E-state index contributed by atoms with van der Waals surface area (Å²) in [6.07, 6.45) is 4.94. The van der Waals surface area contributed by atoms with E-state index in [1.54, 1.807) is 54.9 Å².